The second kappa shape index (κ2) is 8.05. The van der Waals surface area contributed by atoms with Crippen LogP contribution in [0.2, 0.25) is 0 Å². The summed E-state index contributed by atoms with van der Waals surface area (Å²) >= 11 is 0. The number of aromatic hydroxyl groups is 1. The highest BCUT2D eigenvalue weighted by molar-refractivity contribution is 6.00. The van der Waals surface area contributed by atoms with Crippen LogP contribution in [0.15, 0.2) is 53.3 Å². The van der Waals surface area contributed by atoms with Gasteiger partial charge in [0.15, 0.2) is 5.69 Å². The zero-order chi connectivity index (χ0) is 23.1. The minimum atomic E-state index is -0.752. The summed E-state index contributed by atoms with van der Waals surface area (Å²) in [7, 11) is 0. The van der Waals surface area contributed by atoms with Gasteiger partial charge in [-0.15, -0.1) is 0 Å². The van der Waals surface area contributed by atoms with Crippen LogP contribution in [0.3, 0.4) is 0 Å². The molecule has 168 valence electrons. The Morgan fingerprint density at radius 1 is 1.06 bits per heavy atom. The van der Waals surface area contributed by atoms with Crippen molar-refractivity contribution in [3.8, 4) is 5.75 Å². The zero-order valence-corrected chi connectivity index (χ0v) is 17.5. The molecule has 33 heavy (non-hydrogen) atoms. The predicted molar refractivity (Wildman–Crippen MR) is 118 cm³/mol. The van der Waals surface area contributed by atoms with E-state index in [1.54, 1.807) is 4.90 Å². The van der Waals surface area contributed by atoms with Crippen LogP contribution < -0.4 is 20.7 Å². The van der Waals surface area contributed by atoms with Crippen molar-refractivity contribution in [3.63, 3.8) is 0 Å². The number of amides is 2. The molecule has 0 spiro atoms. The second-order valence-corrected chi connectivity index (χ2v) is 7.80. The number of carbonyl (C=O) groups excluding carboxylic acids is 2. The number of hydrogen-bond acceptors (Lipinski definition) is 6. The first-order valence-corrected chi connectivity index (χ1v) is 10.5. The van der Waals surface area contributed by atoms with Crippen molar-refractivity contribution < 1.29 is 19.1 Å². The Kier molecular flexibility index (Phi) is 5.04. The molecule has 2 amide bonds. The van der Waals surface area contributed by atoms with Crippen LogP contribution >= 0.6 is 0 Å². The van der Waals surface area contributed by atoms with Gasteiger partial charge in [-0.3, -0.25) is 19.0 Å². The molecule has 1 aromatic heterocycles. The lowest BCUT2D eigenvalue weighted by Crippen LogP contribution is -2.44. The van der Waals surface area contributed by atoms with E-state index in [0.717, 1.165) is 5.69 Å². The summed E-state index contributed by atoms with van der Waals surface area (Å²) in [5.41, 5.74) is 0.631. The molecule has 0 atom stereocenters. The lowest BCUT2D eigenvalue weighted by atomic mass is 10.1. The number of nitrogens with zero attached hydrogens (tertiary/aromatic N) is 4. The topological polar surface area (TPSA) is 108 Å². The van der Waals surface area contributed by atoms with E-state index >= 15 is 0 Å². The largest absolute Gasteiger partial charge is 0.501 e. The van der Waals surface area contributed by atoms with Crippen LogP contribution in [0.4, 0.5) is 21.7 Å². The quantitative estimate of drug-likeness (QED) is 0.576. The summed E-state index contributed by atoms with van der Waals surface area (Å²) in [6.45, 7) is 1.23. The third kappa shape index (κ3) is 3.59. The number of anilines is 3. The van der Waals surface area contributed by atoms with Gasteiger partial charge in [-0.1, -0.05) is 24.3 Å². The lowest BCUT2D eigenvalue weighted by molar-refractivity contribution is -0.122. The summed E-state index contributed by atoms with van der Waals surface area (Å²) in [5.74, 6) is -1.84. The smallest absolute Gasteiger partial charge is 0.298 e. The average molecular weight is 449 g/mol. The van der Waals surface area contributed by atoms with Gasteiger partial charge in [0.1, 0.15) is 5.82 Å². The van der Waals surface area contributed by atoms with Crippen LogP contribution in [0, 0.1) is 5.82 Å². The Morgan fingerprint density at radius 3 is 2.55 bits per heavy atom. The van der Waals surface area contributed by atoms with Crippen LogP contribution in [0.1, 0.15) is 22.5 Å². The Bertz CT molecular complexity index is 1320. The summed E-state index contributed by atoms with van der Waals surface area (Å²) in [6.07, 6.45) is 0.386. The zero-order valence-electron chi connectivity index (χ0n) is 17.5. The van der Waals surface area contributed by atoms with Gasteiger partial charge >= 0.3 is 0 Å². The maximum absolute atomic E-state index is 13.7. The van der Waals surface area contributed by atoms with E-state index in [1.807, 2.05) is 30.3 Å². The van der Waals surface area contributed by atoms with E-state index in [9.17, 15) is 23.9 Å². The van der Waals surface area contributed by atoms with Crippen LogP contribution in [-0.4, -0.2) is 39.6 Å². The number of hydrogen-bond donors (Lipinski definition) is 2. The molecule has 0 bridgehead atoms. The van der Waals surface area contributed by atoms with Gasteiger partial charge in [-0.25, -0.2) is 9.37 Å². The molecular weight excluding hydrogens is 429 g/mol. The fourth-order valence-electron chi connectivity index (χ4n) is 4.02. The molecule has 10 heteroatoms. The molecule has 2 N–H and O–H groups in total. The number of benzene rings is 2. The summed E-state index contributed by atoms with van der Waals surface area (Å²) in [6, 6.07) is 13.3. The third-order valence-corrected chi connectivity index (χ3v) is 5.82. The Balaban J connectivity index is 1.42. The van der Waals surface area contributed by atoms with Gasteiger partial charge in [-0.05, 0) is 29.8 Å². The molecule has 2 aromatic carbocycles. The van der Waals surface area contributed by atoms with Gasteiger partial charge in [0.2, 0.25) is 17.6 Å². The van der Waals surface area contributed by atoms with E-state index in [2.05, 4.69) is 10.3 Å². The molecular formula is C23H20FN5O4. The van der Waals surface area contributed by atoms with E-state index in [4.69, 9.17) is 0 Å². The highest BCUT2D eigenvalue weighted by Gasteiger charge is 2.30. The first kappa shape index (κ1) is 20.7. The van der Waals surface area contributed by atoms with Crippen molar-refractivity contribution in [2.45, 2.75) is 19.5 Å². The SMILES string of the molecule is O=C(NCc1ccc(F)cc1N1CCC1=O)c1nc2n(c(=O)c1O)CCN2c1ccccc1. The monoisotopic (exact) mass is 449 g/mol. The molecule has 2 aliphatic rings. The first-order chi connectivity index (χ1) is 15.9. The molecule has 0 radical (unpaired) electrons. The standard InChI is InChI=1S/C23H20FN5O4/c24-15-7-6-14(17(12-15)28-9-8-18(28)30)13-25-21(32)19-20(31)22(33)29-11-10-27(23(29)26-19)16-4-2-1-3-5-16/h1-7,12,31H,8-11,13H2,(H,25,32). The molecule has 9 nitrogen and oxygen atoms in total. The highest BCUT2D eigenvalue weighted by Crippen LogP contribution is 2.29. The van der Waals surface area contributed by atoms with Gasteiger partial charge < -0.3 is 20.2 Å². The Hall–Kier alpha value is -4.21. The summed E-state index contributed by atoms with van der Waals surface area (Å²) in [5, 5.41) is 13.0. The van der Waals surface area contributed by atoms with E-state index in [1.165, 1.54) is 27.7 Å². The van der Waals surface area contributed by atoms with E-state index in [-0.39, 0.29) is 18.4 Å². The molecule has 2 aliphatic heterocycles. The van der Waals surface area contributed by atoms with Crippen molar-refractivity contribution in [2.75, 3.05) is 22.9 Å². The number of nitrogens with one attached hydrogen (secondary N) is 1. The van der Waals surface area contributed by atoms with Crippen molar-refractivity contribution in [3.05, 3.63) is 76.0 Å². The van der Waals surface area contributed by atoms with Gasteiger partial charge in [0.25, 0.3) is 11.5 Å². The van der Waals surface area contributed by atoms with E-state index < -0.39 is 28.7 Å². The predicted octanol–water partition coefficient (Wildman–Crippen LogP) is 1.91. The third-order valence-electron chi connectivity index (χ3n) is 5.82. The number of fused-ring (bicyclic) bond motifs is 1. The molecule has 0 saturated carbocycles. The molecule has 1 fully saturated rings. The van der Waals surface area contributed by atoms with Crippen molar-refractivity contribution >= 4 is 29.1 Å². The summed E-state index contributed by atoms with van der Waals surface area (Å²) in [4.78, 5) is 44.9. The molecule has 3 heterocycles. The van der Waals surface area contributed by atoms with E-state index in [0.29, 0.717) is 37.3 Å². The normalized spacial score (nSPS) is 14.8. The summed E-state index contributed by atoms with van der Waals surface area (Å²) < 4.78 is 15.1. The molecule has 0 aliphatic carbocycles. The van der Waals surface area contributed by atoms with Crippen LogP contribution in [-0.2, 0) is 17.9 Å². The van der Waals surface area contributed by atoms with Crippen LogP contribution in [0.5, 0.6) is 5.75 Å². The first-order valence-electron chi connectivity index (χ1n) is 10.5. The van der Waals surface area contributed by atoms with Gasteiger partial charge in [-0.2, -0.15) is 0 Å². The highest BCUT2D eigenvalue weighted by atomic mass is 19.1. The number of para-hydroxylation sites is 1. The molecule has 0 unspecified atom stereocenters. The molecule has 5 rings (SSSR count). The Labute approximate surface area is 187 Å². The fraction of sp³-hybridized carbons (Fsp3) is 0.217. The lowest BCUT2D eigenvalue weighted by Gasteiger charge is -2.32. The number of rotatable bonds is 5. The minimum Gasteiger partial charge on any atom is -0.501 e. The van der Waals surface area contributed by atoms with Gasteiger partial charge in [0, 0.05) is 38.3 Å². The average Bonchev–Trinajstić information content (AvgIpc) is 3.24. The van der Waals surface area contributed by atoms with Crippen molar-refractivity contribution in [1.82, 2.24) is 14.9 Å². The second-order valence-electron chi connectivity index (χ2n) is 7.80. The number of halogens is 1. The fourth-order valence-corrected chi connectivity index (χ4v) is 4.02. The van der Waals surface area contributed by atoms with Gasteiger partial charge in [0.05, 0.1) is 5.69 Å². The Morgan fingerprint density at radius 2 is 1.85 bits per heavy atom. The maximum Gasteiger partial charge on any atom is 0.298 e. The van der Waals surface area contributed by atoms with Crippen molar-refractivity contribution in [1.29, 1.82) is 0 Å². The molecule has 1 saturated heterocycles. The number of carbonyl (C=O) groups is 2. The van der Waals surface area contributed by atoms with Crippen LogP contribution in [0.25, 0.3) is 0 Å². The minimum absolute atomic E-state index is 0.0415. The molecule has 3 aromatic rings. The maximum atomic E-state index is 13.7. The number of aromatic nitrogens is 2. The number of β-lactam (4-membered cyclic amide) rings is 1. The van der Waals surface area contributed by atoms with Crippen molar-refractivity contribution in [2.24, 2.45) is 0 Å².